The first-order valence-electron chi connectivity index (χ1n) is 10.5. The Morgan fingerprint density at radius 2 is 1.76 bits per heavy atom. The summed E-state index contributed by atoms with van der Waals surface area (Å²) < 4.78 is 0. The molecule has 1 aliphatic heterocycles. The number of carbonyl (C=O) groups excluding carboxylic acids is 2. The van der Waals surface area contributed by atoms with Crippen molar-refractivity contribution in [1.29, 1.82) is 0 Å². The summed E-state index contributed by atoms with van der Waals surface area (Å²) in [5, 5.41) is 3.04. The molecule has 1 saturated carbocycles. The van der Waals surface area contributed by atoms with Crippen LogP contribution in [0.5, 0.6) is 0 Å². The van der Waals surface area contributed by atoms with Crippen LogP contribution in [0.15, 0.2) is 36.4 Å². The van der Waals surface area contributed by atoms with Crippen molar-refractivity contribution in [3.05, 3.63) is 53.1 Å². The molecule has 1 atom stereocenters. The monoisotopic (exact) mass is 391 g/mol. The van der Waals surface area contributed by atoms with Gasteiger partial charge in [0.05, 0.1) is 11.4 Å². The molecule has 1 heterocycles. The second-order valence-electron chi connectivity index (χ2n) is 8.39. The summed E-state index contributed by atoms with van der Waals surface area (Å²) in [7, 11) is 1.82. The predicted molar refractivity (Wildman–Crippen MR) is 118 cm³/mol. The van der Waals surface area contributed by atoms with Gasteiger partial charge in [-0.3, -0.25) is 9.59 Å². The lowest BCUT2D eigenvalue weighted by Crippen LogP contribution is -2.54. The lowest BCUT2D eigenvalue weighted by molar-refractivity contribution is -0.119. The minimum absolute atomic E-state index is 0.108. The van der Waals surface area contributed by atoms with Gasteiger partial charge in [0.1, 0.15) is 6.04 Å². The van der Waals surface area contributed by atoms with Crippen molar-refractivity contribution in [2.24, 2.45) is 0 Å². The quantitative estimate of drug-likeness (QED) is 0.827. The zero-order valence-corrected chi connectivity index (χ0v) is 17.7. The Bertz CT molecular complexity index is 963. The average molecular weight is 392 g/mol. The van der Waals surface area contributed by atoms with E-state index in [1.165, 1.54) is 18.4 Å². The summed E-state index contributed by atoms with van der Waals surface area (Å²) in [6, 6.07) is 11.8. The van der Waals surface area contributed by atoms with Gasteiger partial charge < -0.3 is 15.1 Å². The molecule has 0 bridgehead atoms. The standard InChI is InChI=1S/C24H29N3O2/c1-15-9-11-20(16(2)13-15)25-23(28)18-10-12-21-22(14-18)27(19-7-5-6-8-19)17(3)24(29)26(21)4/h9-14,17,19H,5-8H2,1-4H3,(H,25,28)/t17-/m1/s1. The topological polar surface area (TPSA) is 52.7 Å². The largest absolute Gasteiger partial charge is 0.355 e. The minimum Gasteiger partial charge on any atom is -0.355 e. The van der Waals surface area contributed by atoms with Crippen LogP contribution in [-0.2, 0) is 4.79 Å². The van der Waals surface area contributed by atoms with E-state index in [1.807, 2.05) is 58.2 Å². The van der Waals surface area contributed by atoms with Crippen LogP contribution in [0.25, 0.3) is 0 Å². The Labute approximate surface area is 172 Å². The first-order valence-corrected chi connectivity index (χ1v) is 10.5. The highest BCUT2D eigenvalue weighted by Crippen LogP contribution is 2.40. The van der Waals surface area contributed by atoms with E-state index < -0.39 is 0 Å². The molecule has 0 radical (unpaired) electrons. The van der Waals surface area contributed by atoms with E-state index in [9.17, 15) is 9.59 Å². The molecule has 4 rings (SSSR count). The molecule has 0 saturated heterocycles. The zero-order chi connectivity index (χ0) is 20.7. The number of anilines is 3. The highest BCUT2D eigenvalue weighted by molar-refractivity contribution is 6.09. The maximum absolute atomic E-state index is 13.0. The van der Waals surface area contributed by atoms with Crippen LogP contribution in [0.2, 0.25) is 0 Å². The molecule has 2 aliphatic rings. The molecule has 0 spiro atoms. The molecule has 1 aliphatic carbocycles. The van der Waals surface area contributed by atoms with Crippen LogP contribution in [0.3, 0.4) is 0 Å². The molecule has 2 amide bonds. The van der Waals surface area contributed by atoms with E-state index in [-0.39, 0.29) is 17.9 Å². The zero-order valence-electron chi connectivity index (χ0n) is 17.7. The van der Waals surface area contributed by atoms with E-state index >= 15 is 0 Å². The first-order chi connectivity index (χ1) is 13.9. The third-order valence-electron chi connectivity index (χ3n) is 6.33. The van der Waals surface area contributed by atoms with Crippen molar-refractivity contribution < 1.29 is 9.59 Å². The number of nitrogens with one attached hydrogen (secondary N) is 1. The van der Waals surface area contributed by atoms with Crippen LogP contribution in [0.4, 0.5) is 17.1 Å². The summed E-state index contributed by atoms with van der Waals surface area (Å²) in [6.45, 7) is 6.01. The highest BCUT2D eigenvalue weighted by Gasteiger charge is 2.38. The number of rotatable bonds is 3. The van der Waals surface area contributed by atoms with Crippen LogP contribution >= 0.6 is 0 Å². The summed E-state index contributed by atoms with van der Waals surface area (Å²) in [5.74, 6) is -0.0183. The van der Waals surface area contributed by atoms with Crippen molar-refractivity contribution in [3.8, 4) is 0 Å². The SMILES string of the molecule is Cc1ccc(NC(=O)c2ccc3c(c2)N(C2CCCC2)[C@H](C)C(=O)N3C)c(C)c1. The van der Waals surface area contributed by atoms with Gasteiger partial charge in [0.15, 0.2) is 0 Å². The molecule has 2 aromatic carbocycles. The number of hydrogen-bond acceptors (Lipinski definition) is 3. The Hall–Kier alpha value is -2.82. The Morgan fingerprint density at radius 3 is 2.45 bits per heavy atom. The van der Waals surface area contributed by atoms with Crippen molar-refractivity contribution in [3.63, 3.8) is 0 Å². The number of benzene rings is 2. The Morgan fingerprint density at radius 1 is 1.03 bits per heavy atom. The van der Waals surface area contributed by atoms with E-state index in [1.54, 1.807) is 4.90 Å². The lowest BCUT2D eigenvalue weighted by atomic mass is 10.0. The lowest BCUT2D eigenvalue weighted by Gasteiger charge is -2.43. The Balaban J connectivity index is 1.68. The van der Waals surface area contributed by atoms with E-state index in [0.717, 1.165) is 35.5 Å². The number of fused-ring (bicyclic) bond motifs is 1. The molecule has 2 aromatic rings. The smallest absolute Gasteiger partial charge is 0.255 e. The van der Waals surface area contributed by atoms with Crippen LogP contribution in [0.1, 0.15) is 54.1 Å². The van der Waals surface area contributed by atoms with Gasteiger partial charge >= 0.3 is 0 Å². The van der Waals surface area contributed by atoms with E-state index in [2.05, 4.69) is 16.3 Å². The van der Waals surface area contributed by atoms with Crippen LogP contribution in [0, 0.1) is 13.8 Å². The second-order valence-corrected chi connectivity index (χ2v) is 8.39. The highest BCUT2D eigenvalue weighted by atomic mass is 16.2. The molecular weight excluding hydrogens is 362 g/mol. The number of nitrogens with zero attached hydrogens (tertiary/aromatic N) is 2. The van der Waals surface area contributed by atoms with E-state index in [0.29, 0.717) is 11.6 Å². The van der Waals surface area contributed by atoms with Crippen molar-refractivity contribution in [2.45, 2.75) is 58.5 Å². The third-order valence-corrected chi connectivity index (χ3v) is 6.33. The van der Waals surface area contributed by atoms with Gasteiger partial charge in [0, 0.05) is 24.3 Å². The molecule has 29 heavy (non-hydrogen) atoms. The summed E-state index contributed by atoms with van der Waals surface area (Å²) in [4.78, 5) is 29.7. The van der Waals surface area contributed by atoms with Crippen molar-refractivity contribution in [2.75, 3.05) is 22.2 Å². The van der Waals surface area contributed by atoms with Crippen LogP contribution < -0.4 is 15.1 Å². The van der Waals surface area contributed by atoms with Crippen LogP contribution in [-0.4, -0.2) is 30.9 Å². The molecule has 0 unspecified atom stereocenters. The summed E-state index contributed by atoms with van der Waals surface area (Å²) in [5.41, 5.74) is 5.52. The van der Waals surface area contributed by atoms with Gasteiger partial charge in [-0.15, -0.1) is 0 Å². The molecule has 5 nitrogen and oxygen atoms in total. The van der Waals surface area contributed by atoms with Gasteiger partial charge in [0.2, 0.25) is 5.91 Å². The predicted octanol–water partition coefficient (Wildman–Crippen LogP) is 4.67. The summed E-state index contributed by atoms with van der Waals surface area (Å²) in [6.07, 6.45) is 4.58. The average Bonchev–Trinajstić information content (AvgIpc) is 3.22. The molecule has 1 fully saturated rings. The molecule has 0 aromatic heterocycles. The number of likely N-dealkylation sites (N-methyl/N-ethyl adjacent to an activating group) is 1. The number of carbonyl (C=O) groups is 2. The summed E-state index contributed by atoms with van der Waals surface area (Å²) >= 11 is 0. The maximum atomic E-state index is 13.0. The Kier molecular flexibility index (Phi) is 5.07. The van der Waals surface area contributed by atoms with Gasteiger partial charge in [-0.1, -0.05) is 30.5 Å². The van der Waals surface area contributed by atoms with Gasteiger partial charge in [0.25, 0.3) is 5.91 Å². The first kappa shape index (κ1) is 19.5. The van der Waals surface area contributed by atoms with Crippen molar-refractivity contribution in [1.82, 2.24) is 0 Å². The third kappa shape index (κ3) is 3.50. The molecule has 5 heteroatoms. The van der Waals surface area contributed by atoms with Crippen molar-refractivity contribution >= 4 is 28.9 Å². The molecule has 152 valence electrons. The fraction of sp³-hybridized carbons (Fsp3) is 0.417. The molecular formula is C24H29N3O2. The normalized spacial score (nSPS) is 19.4. The fourth-order valence-corrected chi connectivity index (χ4v) is 4.73. The number of hydrogen-bond donors (Lipinski definition) is 1. The number of amides is 2. The second kappa shape index (κ2) is 7.54. The minimum atomic E-state index is -0.215. The van der Waals surface area contributed by atoms with E-state index in [4.69, 9.17) is 0 Å². The molecule has 1 N–H and O–H groups in total. The fourth-order valence-electron chi connectivity index (χ4n) is 4.73. The maximum Gasteiger partial charge on any atom is 0.255 e. The van der Waals surface area contributed by atoms with Gasteiger partial charge in [-0.2, -0.15) is 0 Å². The van der Waals surface area contributed by atoms with Gasteiger partial charge in [-0.05, 0) is 63.4 Å². The number of aryl methyl sites for hydroxylation is 2. The van der Waals surface area contributed by atoms with Gasteiger partial charge in [-0.25, -0.2) is 0 Å².